The lowest BCUT2D eigenvalue weighted by Gasteiger charge is -2.20. The summed E-state index contributed by atoms with van der Waals surface area (Å²) in [4.78, 5) is 37.8. The second-order valence-electron chi connectivity index (χ2n) is 10.9. The van der Waals surface area contributed by atoms with Crippen molar-refractivity contribution in [2.75, 3.05) is 13.7 Å². The molecule has 1 aromatic heterocycles. The van der Waals surface area contributed by atoms with Crippen LogP contribution < -0.4 is 5.32 Å². The number of hydrogen-bond donors (Lipinski definition) is 4. The van der Waals surface area contributed by atoms with Crippen LogP contribution in [0.25, 0.3) is 22.3 Å². The van der Waals surface area contributed by atoms with Crippen molar-refractivity contribution in [2.24, 2.45) is 0 Å². The van der Waals surface area contributed by atoms with Gasteiger partial charge in [-0.3, -0.25) is 14.4 Å². The predicted molar refractivity (Wildman–Crippen MR) is 163 cm³/mol. The summed E-state index contributed by atoms with van der Waals surface area (Å²) in [5.41, 5.74) is 3.93. The average Bonchev–Trinajstić information content (AvgIpc) is 3.30. The van der Waals surface area contributed by atoms with Crippen molar-refractivity contribution in [2.45, 2.75) is 71.1 Å². The molecule has 0 unspecified atom stereocenters. The number of ketones is 1. The van der Waals surface area contributed by atoms with Crippen LogP contribution in [0, 0.1) is 11.2 Å². The van der Waals surface area contributed by atoms with Gasteiger partial charge in [0.2, 0.25) is 0 Å². The summed E-state index contributed by atoms with van der Waals surface area (Å²) in [6, 6.07) is 15.0. The van der Waals surface area contributed by atoms with E-state index in [1.165, 1.54) is 26.2 Å². The fraction of sp³-hybridized carbons (Fsp3) is 0.394. The Bertz CT molecular complexity index is 1430. The lowest BCUT2D eigenvalue weighted by atomic mass is 9.92. The van der Waals surface area contributed by atoms with Crippen molar-refractivity contribution in [1.82, 2.24) is 9.88 Å². The number of amides is 1. The van der Waals surface area contributed by atoms with Gasteiger partial charge in [0, 0.05) is 35.0 Å². The van der Waals surface area contributed by atoms with Gasteiger partial charge in [-0.1, -0.05) is 42.5 Å². The summed E-state index contributed by atoms with van der Waals surface area (Å²) in [5, 5.41) is 31.4. The maximum absolute atomic E-state index is 14.0. The number of carbonyl (C=O) groups excluding carboxylic acids is 3. The molecule has 1 amide bonds. The van der Waals surface area contributed by atoms with E-state index in [0.717, 1.165) is 5.56 Å². The molecule has 3 rings (SSSR count). The number of halogens is 1. The molecule has 0 fully saturated rings. The normalized spacial score (nSPS) is 12.6. The Labute approximate surface area is 251 Å². The van der Waals surface area contributed by atoms with Crippen molar-refractivity contribution in [3.8, 4) is 22.3 Å². The Morgan fingerprint density at radius 3 is 2.19 bits per heavy atom. The molecular weight excluding hydrogens is 553 g/mol. The molecule has 0 saturated carbocycles. The number of rotatable bonds is 15. The summed E-state index contributed by atoms with van der Waals surface area (Å²) >= 11 is 0. The number of nitrogens with zero attached hydrogens (tertiary/aromatic N) is 1. The monoisotopic (exact) mass is 593 g/mol. The summed E-state index contributed by atoms with van der Waals surface area (Å²) in [6.07, 6.45) is -1.91. The average molecular weight is 594 g/mol. The van der Waals surface area contributed by atoms with Crippen molar-refractivity contribution in [3.05, 3.63) is 71.8 Å². The number of carbonyl (C=O) groups is 3. The minimum absolute atomic E-state index is 0.0448. The molecule has 0 spiro atoms. The number of esters is 1. The number of ether oxygens (including phenoxy) is 1. The van der Waals surface area contributed by atoms with Crippen LogP contribution in [0.3, 0.4) is 0 Å². The minimum atomic E-state index is -1.08. The first kappa shape index (κ1) is 33.4. The van der Waals surface area contributed by atoms with E-state index >= 15 is 0 Å². The summed E-state index contributed by atoms with van der Waals surface area (Å²) in [5.74, 6) is -1.77. The molecule has 0 aliphatic heterocycles. The fourth-order valence-corrected chi connectivity index (χ4v) is 5.21. The molecule has 0 saturated heterocycles. The van der Waals surface area contributed by atoms with Gasteiger partial charge in [0.15, 0.2) is 5.78 Å². The SMILES string of the molecule is COC(=O)C[C@H](O)C[C@H](O)CCc1c(-c2ccc(F)cc2)c(-c2ccccc2)c(C(=O)NCC(=O)CC(C)=N)n1C(C)C. The van der Waals surface area contributed by atoms with Crippen LogP contribution in [0.15, 0.2) is 54.6 Å². The Hall–Kier alpha value is -4.15. The minimum Gasteiger partial charge on any atom is -0.469 e. The maximum atomic E-state index is 14.0. The standard InChI is InChI=1S/C33H40FN3O6/c1-20(2)37-28(15-14-25(38)17-26(39)18-29(41)43-4)30(23-10-12-24(34)13-11-23)31(22-8-6-5-7-9-22)32(37)33(42)36-19-27(40)16-21(3)35/h5-13,20,25-26,35,38-39H,14-19H2,1-4H3,(H,36,42)/t25-,26-/m1/s1. The number of nitrogens with one attached hydrogen (secondary N) is 2. The van der Waals surface area contributed by atoms with Crippen molar-refractivity contribution >= 4 is 23.4 Å². The molecule has 0 bridgehead atoms. The van der Waals surface area contributed by atoms with Gasteiger partial charge < -0.3 is 30.2 Å². The van der Waals surface area contributed by atoms with Crippen LogP contribution in [0.1, 0.15) is 68.7 Å². The van der Waals surface area contributed by atoms with Crippen LogP contribution in [0.5, 0.6) is 0 Å². The van der Waals surface area contributed by atoms with Gasteiger partial charge in [0.05, 0.1) is 32.3 Å². The zero-order valence-electron chi connectivity index (χ0n) is 25.0. The molecule has 2 aromatic carbocycles. The highest BCUT2D eigenvalue weighted by Crippen LogP contribution is 2.42. The highest BCUT2D eigenvalue weighted by molar-refractivity contribution is 6.07. The van der Waals surface area contributed by atoms with Crippen LogP contribution in [0.4, 0.5) is 4.39 Å². The molecule has 2 atom stereocenters. The smallest absolute Gasteiger partial charge is 0.308 e. The first-order valence-corrected chi connectivity index (χ1v) is 14.3. The van der Waals surface area contributed by atoms with Crippen molar-refractivity contribution in [1.29, 1.82) is 5.41 Å². The first-order chi connectivity index (χ1) is 20.4. The van der Waals surface area contributed by atoms with E-state index in [4.69, 9.17) is 5.41 Å². The van der Waals surface area contributed by atoms with Crippen LogP contribution >= 0.6 is 0 Å². The van der Waals surface area contributed by atoms with E-state index in [1.54, 1.807) is 12.1 Å². The Balaban J connectivity index is 2.16. The van der Waals surface area contributed by atoms with Gasteiger partial charge in [0.25, 0.3) is 5.91 Å². The number of aliphatic hydroxyl groups excluding tert-OH is 2. The molecule has 3 aromatic rings. The van der Waals surface area contributed by atoms with Gasteiger partial charge in [0.1, 0.15) is 11.5 Å². The molecule has 9 nitrogen and oxygen atoms in total. The van der Waals surface area contributed by atoms with Gasteiger partial charge in [-0.2, -0.15) is 0 Å². The third kappa shape index (κ3) is 8.92. The Morgan fingerprint density at radius 1 is 0.977 bits per heavy atom. The van der Waals surface area contributed by atoms with Gasteiger partial charge in [-0.25, -0.2) is 4.39 Å². The van der Waals surface area contributed by atoms with Crippen LogP contribution in [0.2, 0.25) is 0 Å². The molecule has 0 aliphatic rings. The number of aliphatic hydroxyl groups is 2. The van der Waals surface area contributed by atoms with Crippen LogP contribution in [-0.4, -0.2) is 64.0 Å². The lowest BCUT2D eigenvalue weighted by molar-refractivity contribution is -0.143. The van der Waals surface area contributed by atoms with E-state index in [2.05, 4.69) is 10.1 Å². The maximum Gasteiger partial charge on any atom is 0.308 e. The fourth-order valence-electron chi connectivity index (χ4n) is 5.21. The van der Waals surface area contributed by atoms with Gasteiger partial charge in [-0.15, -0.1) is 0 Å². The van der Waals surface area contributed by atoms with Crippen LogP contribution in [-0.2, 0) is 20.7 Å². The number of benzene rings is 2. The molecule has 43 heavy (non-hydrogen) atoms. The zero-order valence-corrected chi connectivity index (χ0v) is 25.0. The molecular formula is C33H40FN3O6. The van der Waals surface area contributed by atoms with Gasteiger partial charge in [-0.05, 0) is 63.3 Å². The lowest BCUT2D eigenvalue weighted by Crippen LogP contribution is -2.32. The number of methoxy groups -OCH3 is 1. The quantitative estimate of drug-likeness (QED) is 0.146. The van der Waals surface area contributed by atoms with Gasteiger partial charge >= 0.3 is 5.97 Å². The summed E-state index contributed by atoms with van der Waals surface area (Å²) < 4.78 is 20.5. The van der Waals surface area contributed by atoms with Crippen molar-refractivity contribution in [3.63, 3.8) is 0 Å². The van der Waals surface area contributed by atoms with Crippen molar-refractivity contribution < 1.29 is 33.7 Å². The Morgan fingerprint density at radius 2 is 1.60 bits per heavy atom. The molecule has 1 heterocycles. The first-order valence-electron chi connectivity index (χ1n) is 14.3. The molecule has 0 radical (unpaired) electrons. The number of aromatic nitrogens is 1. The topological polar surface area (TPSA) is 142 Å². The van der Waals surface area contributed by atoms with E-state index in [-0.39, 0.29) is 56.2 Å². The summed E-state index contributed by atoms with van der Waals surface area (Å²) in [6.45, 7) is 5.12. The number of Topliss-reactive ketones (excluding diaryl/α,β-unsaturated/α-hetero) is 1. The number of hydrogen-bond acceptors (Lipinski definition) is 7. The van der Waals surface area contributed by atoms with E-state index in [0.29, 0.717) is 28.1 Å². The molecule has 10 heteroatoms. The van der Waals surface area contributed by atoms with E-state index in [9.17, 15) is 29.0 Å². The molecule has 4 N–H and O–H groups in total. The summed E-state index contributed by atoms with van der Waals surface area (Å²) in [7, 11) is 1.23. The third-order valence-electron chi connectivity index (χ3n) is 7.03. The highest BCUT2D eigenvalue weighted by atomic mass is 19.1. The third-order valence-corrected chi connectivity index (χ3v) is 7.03. The van der Waals surface area contributed by atoms with E-state index < -0.39 is 29.9 Å². The van der Waals surface area contributed by atoms with E-state index in [1.807, 2.05) is 48.7 Å². The molecule has 230 valence electrons. The second-order valence-corrected chi connectivity index (χ2v) is 10.9. The largest absolute Gasteiger partial charge is 0.469 e. The Kier molecular flexibility index (Phi) is 11.9. The zero-order chi connectivity index (χ0) is 31.7. The predicted octanol–water partition coefficient (Wildman–Crippen LogP) is 4.88. The highest BCUT2D eigenvalue weighted by Gasteiger charge is 2.30. The second kappa shape index (κ2) is 15.4. The molecule has 0 aliphatic carbocycles.